The fourth-order valence-corrected chi connectivity index (χ4v) is 4.87. The number of aliphatic hydroxyl groups is 1. The predicted octanol–water partition coefficient (Wildman–Crippen LogP) is 0.377. The second-order valence-corrected chi connectivity index (χ2v) is 7.16. The molecule has 0 aromatic carbocycles. The molecule has 1 saturated carbocycles. The molecule has 19 heavy (non-hydrogen) atoms. The van der Waals surface area contributed by atoms with Crippen molar-refractivity contribution in [2.24, 2.45) is 0 Å². The van der Waals surface area contributed by atoms with Crippen LogP contribution in [0, 0.1) is 0 Å². The first-order valence-electron chi connectivity index (χ1n) is 5.78. The van der Waals surface area contributed by atoms with Gasteiger partial charge in [0.1, 0.15) is 0 Å². The fraction of sp³-hybridized carbons (Fsp3) is 0.600. The molecule has 2 N–H and O–H groups in total. The van der Waals surface area contributed by atoms with Crippen molar-refractivity contribution in [2.75, 3.05) is 13.2 Å². The van der Waals surface area contributed by atoms with E-state index in [0.29, 0.717) is 0 Å². The Morgan fingerprint density at radius 2 is 2.21 bits per heavy atom. The third-order valence-electron chi connectivity index (χ3n) is 3.08. The molecule has 1 fully saturated rings. The summed E-state index contributed by atoms with van der Waals surface area (Å²) in [4.78, 5) is 14.6. The number of carboxylic acids is 1. The van der Waals surface area contributed by atoms with E-state index in [1.54, 1.807) is 0 Å². The van der Waals surface area contributed by atoms with Crippen LogP contribution in [-0.2, 0) is 10.0 Å². The maximum Gasteiger partial charge on any atom is 0.356 e. The average molecular weight is 306 g/mol. The smallest absolute Gasteiger partial charge is 0.356 e. The first-order valence-corrected chi connectivity index (χ1v) is 8.10. The predicted molar refractivity (Wildman–Crippen MR) is 67.7 cm³/mol. The van der Waals surface area contributed by atoms with Crippen LogP contribution < -0.4 is 0 Å². The lowest BCUT2D eigenvalue weighted by Crippen LogP contribution is -2.45. The van der Waals surface area contributed by atoms with Crippen LogP contribution in [0.15, 0.2) is 9.72 Å². The van der Waals surface area contributed by atoms with Gasteiger partial charge in [0.05, 0.1) is 12.1 Å². The first-order chi connectivity index (χ1) is 8.98. The van der Waals surface area contributed by atoms with Gasteiger partial charge in [0.25, 0.3) is 10.0 Å². The van der Waals surface area contributed by atoms with Crippen molar-refractivity contribution in [2.45, 2.75) is 29.5 Å². The molecule has 0 aliphatic heterocycles. The lowest BCUT2D eigenvalue weighted by atomic mass is 9.93. The number of thiazole rings is 1. The Kier molecular flexibility index (Phi) is 4.19. The van der Waals surface area contributed by atoms with E-state index in [-0.39, 0.29) is 23.4 Å². The Morgan fingerprint density at radius 1 is 1.53 bits per heavy atom. The molecule has 1 aromatic rings. The molecule has 1 aliphatic carbocycles. The summed E-state index contributed by atoms with van der Waals surface area (Å²) < 4.78 is 25.9. The highest BCUT2D eigenvalue weighted by atomic mass is 32.2. The quantitative estimate of drug-likeness (QED) is 0.786. The van der Waals surface area contributed by atoms with Gasteiger partial charge in [-0.2, -0.15) is 4.31 Å². The second-order valence-electron chi connectivity index (χ2n) is 4.22. The van der Waals surface area contributed by atoms with Crippen molar-refractivity contribution in [1.82, 2.24) is 9.29 Å². The van der Waals surface area contributed by atoms with Gasteiger partial charge in [-0.15, -0.1) is 11.3 Å². The molecule has 2 rings (SSSR count). The molecule has 0 amide bonds. The summed E-state index contributed by atoms with van der Waals surface area (Å²) >= 11 is 0.788. The van der Waals surface area contributed by atoms with Gasteiger partial charge in [0, 0.05) is 12.6 Å². The highest BCUT2D eigenvalue weighted by Crippen LogP contribution is 2.32. The van der Waals surface area contributed by atoms with Crippen molar-refractivity contribution < 1.29 is 23.4 Å². The largest absolute Gasteiger partial charge is 0.476 e. The number of carbonyl (C=O) groups is 1. The molecule has 0 spiro atoms. The number of hydrogen-bond donors (Lipinski definition) is 2. The summed E-state index contributed by atoms with van der Waals surface area (Å²) in [5.41, 5.74) is 0.751. The molecule has 1 aromatic heterocycles. The zero-order valence-corrected chi connectivity index (χ0v) is 11.7. The van der Waals surface area contributed by atoms with Gasteiger partial charge in [0.15, 0.2) is 9.90 Å². The maximum atomic E-state index is 12.5. The minimum atomic E-state index is -3.91. The third kappa shape index (κ3) is 2.64. The van der Waals surface area contributed by atoms with E-state index < -0.39 is 21.7 Å². The summed E-state index contributed by atoms with van der Waals surface area (Å²) in [6.45, 7) is -0.319. The van der Waals surface area contributed by atoms with Crippen LogP contribution in [0.1, 0.15) is 29.8 Å². The molecule has 9 heteroatoms. The first kappa shape index (κ1) is 14.4. The minimum Gasteiger partial charge on any atom is -0.476 e. The molecule has 1 heterocycles. The Morgan fingerprint density at radius 3 is 2.68 bits per heavy atom. The Labute approximate surface area is 114 Å². The number of sulfonamides is 1. The van der Waals surface area contributed by atoms with Gasteiger partial charge in [-0.3, -0.25) is 0 Å². The standard InChI is InChI=1S/C10H14N2O5S2/c13-5-4-12(7-2-1-3-7)19(16,17)10-8(9(14)15)11-6-18-10/h6-7,13H,1-5H2,(H,14,15). The normalized spacial score (nSPS) is 16.5. The van der Waals surface area contributed by atoms with Crippen molar-refractivity contribution >= 4 is 27.3 Å². The van der Waals surface area contributed by atoms with Gasteiger partial charge in [-0.05, 0) is 12.8 Å². The van der Waals surface area contributed by atoms with E-state index in [4.69, 9.17) is 10.2 Å². The maximum absolute atomic E-state index is 12.5. The van der Waals surface area contributed by atoms with E-state index in [2.05, 4.69) is 4.98 Å². The number of aromatic carboxylic acids is 1. The fourth-order valence-electron chi connectivity index (χ4n) is 1.94. The molecule has 0 atom stereocenters. The molecule has 106 valence electrons. The van der Waals surface area contributed by atoms with Gasteiger partial charge in [-0.25, -0.2) is 18.2 Å². The van der Waals surface area contributed by atoms with Crippen molar-refractivity contribution in [3.63, 3.8) is 0 Å². The van der Waals surface area contributed by atoms with Crippen LogP contribution in [0.25, 0.3) is 0 Å². The van der Waals surface area contributed by atoms with E-state index in [1.165, 1.54) is 9.82 Å². The zero-order chi connectivity index (χ0) is 14.0. The van der Waals surface area contributed by atoms with Crippen LogP contribution in [0.3, 0.4) is 0 Å². The number of aromatic nitrogens is 1. The van der Waals surface area contributed by atoms with E-state index >= 15 is 0 Å². The Hall–Kier alpha value is -1.03. The summed E-state index contributed by atoms with van der Waals surface area (Å²) in [7, 11) is -3.91. The van der Waals surface area contributed by atoms with Crippen LogP contribution in [0.4, 0.5) is 0 Å². The molecule has 0 radical (unpaired) electrons. The summed E-state index contributed by atoms with van der Waals surface area (Å²) in [5.74, 6) is -1.36. The zero-order valence-electron chi connectivity index (χ0n) is 10.0. The van der Waals surface area contributed by atoms with Crippen LogP contribution >= 0.6 is 11.3 Å². The highest BCUT2D eigenvalue weighted by Gasteiger charge is 2.37. The number of aliphatic hydroxyl groups excluding tert-OH is 1. The second kappa shape index (κ2) is 5.53. The van der Waals surface area contributed by atoms with E-state index in [0.717, 1.165) is 30.6 Å². The molecule has 7 nitrogen and oxygen atoms in total. The minimum absolute atomic E-state index is 0.0239. The lowest BCUT2D eigenvalue weighted by Gasteiger charge is -2.35. The monoisotopic (exact) mass is 306 g/mol. The summed E-state index contributed by atoms with van der Waals surface area (Å²) in [6, 6.07) is -0.152. The number of rotatable bonds is 6. The highest BCUT2D eigenvalue weighted by molar-refractivity contribution is 7.91. The average Bonchev–Trinajstić information content (AvgIpc) is 2.75. The Balaban J connectivity index is 2.38. The summed E-state index contributed by atoms with van der Waals surface area (Å²) in [5, 5.41) is 18.0. The van der Waals surface area contributed by atoms with Crippen LogP contribution in [0.5, 0.6) is 0 Å². The molecule has 0 unspecified atom stereocenters. The SMILES string of the molecule is O=C(O)c1ncsc1S(=O)(=O)N(CCO)C1CCC1. The number of carboxylic acid groups (broad SMARTS) is 1. The van der Waals surface area contributed by atoms with Gasteiger partial charge < -0.3 is 10.2 Å². The van der Waals surface area contributed by atoms with Crippen LogP contribution in [-0.4, -0.2) is 53.1 Å². The van der Waals surface area contributed by atoms with E-state index in [9.17, 15) is 13.2 Å². The molecule has 1 aliphatic rings. The third-order valence-corrected chi connectivity index (χ3v) is 6.38. The number of nitrogens with zero attached hydrogens (tertiary/aromatic N) is 2. The molecular formula is C10H14N2O5S2. The van der Waals surface area contributed by atoms with Crippen molar-refractivity contribution in [1.29, 1.82) is 0 Å². The molecule has 0 bridgehead atoms. The Bertz CT molecular complexity index is 564. The van der Waals surface area contributed by atoms with Crippen molar-refractivity contribution in [3.05, 3.63) is 11.2 Å². The lowest BCUT2D eigenvalue weighted by molar-refractivity contribution is 0.0687. The number of hydrogen-bond acceptors (Lipinski definition) is 6. The van der Waals surface area contributed by atoms with Gasteiger partial charge in [-0.1, -0.05) is 6.42 Å². The summed E-state index contributed by atoms with van der Waals surface area (Å²) in [6.07, 6.45) is 2.41. The molecular weight excluding hydrogens is 292 g/mol. The van der Waals surface area contributed by atoms with Crippen molar-refractivity contribution in [3.8, 4) is 0 Å². The van der Waals surface area contributed by atoms with E-state index in [1.807, 2.05) is 0 Å². The van der Waals surface area contributed by atoms with Gasteiger partial charge in [0.2, 0.25) is 0 Å². The topological polar surface area (TPSA) is 108 Å². The molecule has 0 saturated heterocycles. The van der Waals surface area contributed by atoms with Crippen LogP contribution in [0.2, 0.25) is 0 Å². The van der Waals surface area contributed by atoms with Gasteiger partial charge >= 0.3 is 5.97 Å².